The van der Waals surface area contributed by atoms with Crippen molar-refractivity contribution < 1.29 is 4.79 Å². The van der Waals surface area contributed by atoms with Crippen LogP contribution in [0.1, 0.15) is 59.5 Å². The van der Waals surface area contributed by atoms with Crippen molar-refractivity contribution in [2.24, 2.45) is 0 Å². The van der Waals surface area contributed by atoms with Gasteiger partial charge in [-0.15, -0.1) is 0 Å². The number of hydrogen-bond donors (Lipinski definition) is 1. The predicted molar refractivity (Wildman–Crippen MR) is 105 cm³/mol. The minimum absolute atomic E-state index is 0.222. The summed E-state index contributed by atoms with van der Waals surface area (Å²) in [4.78, 5) is 15.6. The highest BCUT2D eigenvalue weighted by atomic mass is 16.2. The lowest BCUT2D eigenvalue weighted by molar-refractivity contribution is 0.0679. The van der Waals surface area contributed by atoms with Crippen molar-refractivity contribution in [2.75, 3.05) is 13.1 Å². The Balaban J connectivity index is 1.67. The molecule has 3 unspecified atom stereocenters. The topological polar surface area (TPSA) is 37.3 Å². The van der Waals surface area contributed by atoms with Gasteiger partial charge in [-0.3, -0.25) is 4.79 Å². The SMILES string of the molecule is Cc1cc(C(=O)N2C3CCNCC2CC3)c(C)n1C(C)c1ccccc1. The highest BCUT2D eigenvalue weighted by Gasteiger charge is 2.39. The Morgan fingerprint density at radius 2 is 1.85 bits per heavy atom. The fraction of sp³-hybridized carbons (Fsp3) is 0.500. The maximum atomic E-state index is 13.4. The molecule has 2 aromatic rings. The van der Waals surface area contributed by atoms with Crippen molar-refractivity contribution in [1.29, 1.82) is 0 Å². The van der Waals surface area contributed by atoms with E-state index in [9.17, 15) is 4.79 Å². The zero-order chi connectivity index (χ0) is 18.3. The number of hydrogen-bond acceptors (Lipinski definition) is 2. The van der Waals surface area contributed by atoms with E-state index in [0.29, 0.717) is 12.1 Å². The summed E-state index contributed by atoms with van der Waals surface area (Å²) in [6.45, 7) is 8.37. The fourth-order valence-corrected chi connectivity index (χ4v) is 4.92. The third-order valence-electron chi connectivity index (χ3n) is 6.27. The molecule has 26 heavy (non-hydrogen) atoms. The number of amides is 1. The number of nitrogens with one attached hydrogen (secondary N) is 1. The zero-order valence-corrected chi connectivity index (χ0v) is 16.0. The van der Waals surface area contributed by atoms with Gasteiger partial charge < -0.3 is 14.8 Å². The Kier molecular flexibility index (Phi) is 4.62. The molecular weight excluding hydrogens is 322 g/mol. The number of carbonyl (C=O) groups is 1. The molecule has 4 heteroatoms. The van der Waals surface area contributed by atoms with Crippen LogP contribution in [-0.4, -0.2) is 40.5 Å². The van der Waals surface area contributed by atoms with Crippen LogP contribution in [-0.2, 0) is 0 Å². The molecule has 2 bridgehead atoms. The lowest BCUT2D eigenvalue weighted by atomic mass is 10.1. The summed E-state index contributed by atoms with van der Waals surface area (Å²) in [5.74, 6) is 0.223. The molecule has 4 rings (SSSR count). The molecular formula is C22H29N3O. The molecule has 3 atom stereocenters. The minimum atomic E-state index is 0.222. The molecule has 1 amide bonds. The molecule has 1 aromatic heterocycles. The van der Waals surface area contributed by atoms with Crippen LogP contribution in [0.5, 0.6) is 0 Å². The van der Waals surface area contributed by atoms with Crippen LogP contribution in [0.3, 0.4) is 0 Å². The second-order valence-electron chi connectivity index (χ2n) is 7.83. The molecule has 2 aliphatic heterocycles. The van der Waals surface area contributed by atoms with Crippen LogP contribution in [0.4, 0.5) is 0 Å². The second-order valence-corrected chi connectivity index (χ2v) is 7.83. The standard InChI is InChI=1S/C22H29N3O/c1-15-13-21(17(3)24(15)16(2)18-7-5-4-6-8-18)22(26)25-19-9-10-20(25)14-23-12-11-19/h4-8,13,16,19-20,23H,9-12,14H2,1-3H3. The third-order valence-corrected chi connectivity index (χ3v) is 6.27. The first-order valence-electron chi connectivity index (χ1n) is 9.84. The molecule has 0 spiro atoms. The van der Waals surface area contributed by atoms with E-state index in [1.54, 1.807) is 0 Å². The van der Waals surface area contributed by atoms with E-state index in [1.165, 1.54) is 5.56 Å². The molecule has 0 aliphatic carbocycles. The number of benzene rings is 1. The average Bonchev–Trinajstić information content (AvgIpc) is 3.08. The van der Waals surface area contributed by atoms with E-state index in [1.807, 2.05) is 6.07 Å². The Morgan fingerprint density at radius 3 is 2.62 bits per heavy atom. The molecule has 2 fully saturated rings. The van der Waals surface area contributed by atoms with Crippen LogP contribution in [0.15, 0.2) is 36.4 Å². The van der Waals surface area contributed by atoms with Gasteiger partial charge in [-0.05, 0) is 58.2 Å². The van der Waals surface area contributed by atoms with Gasteiger partial charge in [-0.2, -0.15) is 0 Å². The van der Waals surface area contributed by atoms with Gasteiger partial charge in [0.05, 0.1) is 11.6 Å². The molecule has 2 saturated heterocycles. The van der Waals surface area contributed by atoms with Crippen molar-refractivity contribution in [3.05, 3.63) is 58.9 Å². The molecule has 4 nitrogen and oxygen atoms in total. The van der Waals surface area contributed by atoms with Crippen molar-refractivity contribution in [3.63, 3.8) is 0 Å². The van der Waals surface area contributed by atoms with Crippen molar-refractivity contribution in [1.82, 2.24) is 14.8 Å². The quantitative estimate of drug-likeness (QED) is 0.916. The van der Waals surface area contributed by atoms with Crippen LogP contribution in [0, 0.1) is 13.8 Å². The summed E-state index contributed by atoms with van der Waals surface area (Å²) in [5.41, 5.74) is 4.39. The normalized spacial score (nSPS) is 23.7. The monoisotopic (exact) mass is 351 g/mol. The van der Waals surface area contributed by atoms with E-state index in [4.69, 9.17) is 0 Å². The number of fused-ring (bicyclic) bond motifs is 2. The summed E-state index contributed by atoms with van der Waals surface area (Å²) in [6, 6.07) is 13.6. The summed E-state index contributed by atoms with van der Waals surface area (Å²) in [5, 5.41) is 3.49. The largest absolute Gasteiger partial charge is 0.341 e. The van der Waals surface area contributed by atoms with Gasteiger partial charge in [0.2, 0.25) is 0 Å². The molecule has 0 saturated carbocycles. The highest BCUT2D eigenvalue weighted by molar-refractivity contribution is 5.96. The number of aromatic nitrogens is 1. The van der Waals surface area contributed by atoms with Gasteiger partial charge in [0.15, 0.2) is 0 Å². The van der Waals surface area contributed by atoms with Gasteiger partial charge in [0.25, 0.3) is 5.91 Å². The van der Waals surface area contributed by atoms with E-state index >= 15 is 0 Å². The molecule has 2 aliphatic rings. The molecule has 1 aromatic carbocycles. The van der Waals surface area contributed by atoms with Gasteiger partial charge in [-0.1, -0.05) is 30.3 Å². The van der Waals surface area contributed by atoms with Crippen molar-refractivity contribution in [3.8, 4) is 0 Å². The number of nitrogens with zero attached hydrogens (tertiary/aromatic N) is 2. The highest BCUT2D eigenvalue weighted by Crippen LogP contribution is 2.32. The van der Waals surface area contributed by atoms with E-state index < -0.39 is 0 Å². The summed E-state index contributed by atoms with van der Waals surface area (Å²) in [6.07, 6.45) is 3.35. The smallest absolute Gasteiger partial charge is 0.256 e. The van der Waals surface area contributed by atoms with E-state index in [-0.39, 0.29) is 11.9 Å². The van der Waals surface area contributed by atoms with Crippen molar-refractivity contribution >= 4 is 5.91 Å². The first kappa shape index (κ1) is 17.3. The maximum Gasteiger partial charge on any atom is 0.256 e. The summed E-state index contributed by atoms with van der Waals surface area (Å²) >= 11 is 0. The predicted octanol–water partition coefficient (Wildman–Crippen LogP) is 3.68. The van der Waals surface area contributed by atoms with Crippen LogP contribution < -0.4 is 5.32 Å². The van der Waals surface area contributed by atoms with Crippen LogP contribution in [0.2, 0.25) is 0 Å². The number of aryl methyl sites for hydroxylation is 1. The Hall–Kier alpha value is -2.07. The fourth-order valence-electron chi connectivity index (χ4n) is 4.92. The molecule has 3 heterocycles. The zero-order valence-electron chi connectivity index (χ0n) is 16.0. The second kappa shape index (κ2) is 6.92. The molecule has 138 valence electrons. The third kappa shape index (κ3) is 2.86. The van der Waals surface area contributed by atoms with E-state index in [0.717, 1.165) is 49.3 Å². The van der Waals surface area contributed by atoms with Gasteiger partial charge in [0.1, 0.15) is 0 Å². The van der Waals surface area contributed by atoms with Gasteiger partial charge in [0, 0.05) is 30.0 Å². The maximum absolute atomic E-state index is 13.4. The average molecular weight is 351 g/mol. The van der Waals surface area contributed by atoms with E-state index in [2.05, 4.69) is 65.9 Å². The van der Waals surface area contributed by atoms with Crippen molar-refractivity contribution in [2.45, 2.75) is 58.2 Å². The number of rotatable bonds is 3. The lowest BCUT2D eigenvalue weighted by Gasteiger charge is -2.28. The Morgan fingerprint density at radius 1 is 1.12 bits per heavy atom. The first-order valence-corrected chi connectivity index (χ1v) is 9.84. The van der Waals surface area contributed by atoms with Crippen LogP contribution >= 0.6 is 0 Å². The number of carbonyl (C=O) groups excluding carboxylic acids is 1. The first-order chi connectivity index (χ1) is 12.6. The molecule has 0 radical (unpaired) electrons. The Labute approximate surface area is 156 Å². The Bertz CT molecular complexity index is 781. The van der Waals surface area contributed by atoms with Crippen LogP contribution in [0.25, 0.3) is 0 Å². The minimum Gasteiger partial charge on any atom is -0.341 e. The summed E-state index contributed by atoms with van der Waals surface area (Å²) < 4.78 is 2.31. The lowest BCUT2D eigenvalue weighted by Crippen LogP contribution is -2.42. The van der Waals surface area contributed by atoms with Gasteiger partial charge in [-0.25, -0.2) is 0 Å². The van der Waals surface area contributed by atoms with Gasteiger partial charge >= 0.3 is 0 Å². The molecule has 1 N–H and O–H groups in total. The summed E-state index contributed by atoms with van der Waals surface area (Å²) in [7, 11) is 0.